The largest absolute Gasteiger partial charge is 0.497 e. The highest BCUT2D eigenvalue weighted by Gasteiger charge is 2.47. The molecule has 2 aliphatic rings. The van der Waals surface area contributed by atoms with Crippen LogP contribution in [0.4, 0.5) is 0 Å². The van der Waals surface area contributed by atoms with E-state index in [0.29, 0.717) is 18.2 Å². The van der Waals surface area contributed by atoms with Gasteiger partial charge in [0.2, 0.25) is 6.29 Å². The van der Waals surface area contributed by atoms with Crippen LogP contribution in [0.15, 0.2) is 36.9 Å². The molecule has 12 atom stereocenters. The summed E-state index contributed by atoms with van der Waals surface area (Å²) >= 11 is 0. The Kier molecular flexibility index (Phi) is 14.8. The Morgan fingerprint density at radius 1 is 0.764 bits per heavy atom. The lowest BCUT2D eigenvalue weighted by Crippen LogP contribution is -2.35. The molecule has 0 bridgehead atoms. The molecule has 4 unspecified atom stereocenters. The molecule has 0 saturated carbocycles. The third-order valence-electron chi connectivity index (χ3n) is 7.44. The van der Waals surface area contributed by atoms with Crippen molar-refractivity contribution in [2.24, 2.45) is 7.05 Å². The van der Waals surface area contributed by atoms with E-state index in [1.807, 2.05) is 0 Å². The highest BCUT2D eigenvalue weighted by Crippen LogP contribution is 2.60. The van der Waals surface area contributed by atoms with E-state index < -0.39 is 93.4 Å². The van der Waals surface area contributed by atoms with Crippen molar-refractivity contribution < 1.29 is 99.4 Å². The molecule has 2 saturated heterocycles. The zero-order valence-corrected chi connectivity index (χ0v) is 32.5. The average molecular weight is 869 g/mol. The maximum absolute atomic E-state index is 11.7. The van der Waals surface area contributed by atoms with Gasteiger partial charge in [0.05, 0.1) is 33.0 Å². The first kappa shape index (κ1) is 45.2. The number of imidazole rings is 1. The maximum atomic E-state index is 11.7. The maximum Gasteiger partial charge on any atom is 0.481 e. The van der Waals surface area contributed by atoms with Crippen LogP contribution in [-0.2, 0) is 57.0 Å². The van der Waals surface area contributed by atoms with Gasteiger partial charge in [-0.15, -0.1) is 0 Å². The number of ether oxygens (including phenoxy) is 4. The molecule has 2 fully saturated rings. The number of methoxy groups -OCH3 is 1. The minimum absolute atomic E-state index is 0.0723. The first-order valence-corrected chi connectivity index (χ1v) is 21.8. The lowest BCUT2D eigenvalue weighted by Gasteiger charge is -2.18. The first-order valence-electron chi connectivity index (χ1n) is 15.3. The number of aliphatic hydroxyl groups is 4. The molecule has 55 heavy (non-hydrogen) atoms. The second-order valence-electron chi connectivity index (χ2n) is 11.5. The summed E-state index contributed by atoms with van der Waals surface area (Å²) < 4.78 is 90.6. The SMILES string of the molecule is COc1ccc(O[C@@H]2O[C@H](COP(=O)(O)OP(=O)(O)OC)[C@@H](O)[C@H]2O)cc1.Cn1cnc2c(ncn2[C@@H]2O[C@H](COP(=O)(O)OP(C)(=O)O)[C@@H](O)[C@H]2O)c1=N. The number of hydrogen-bond donors (Lipinski definition) is 9. The van der Waals surface area contributed by atoms with Crippen molar-refractivity contribution in [1.82, 2.24) is 19.1 Å². The molecule has 9 N–H and O–H groups in total. The fourth-order valence-electron chi connectivity index (χ4n) is 4.77. The van der Waals surface area contributed by atoms with Crippen LogP contribution in [-0.4, -0.2) is 136 Å². The summed E-state index contributed by atoms with van der Waals surface area (Å²) in [5.41, 5.74) is 0.539. The lowest BCUT2D eigenvalue weighted by molar-refractivity contribution is -0.115. The third kappa shape index (κ3) is 12.0. The van der Waals surface area contributed by atoms with Crippen LogP contribution in [0.2, 0.25) is 0 Å². The molecule has 0 radical (unpaired) electrons. The smallest absolute Gasteiger partial charge is 0.481 e. The molecule has 1 aromatic carbocycles. The molecular formula is C25H39N5O21P4. The molecular weight excluding hydrogens is 830 g/mol. The van der Waals surface area contributed by atoms with Crippen LogP contribution < -0.4 is 15.0 Å². The number of phosphoric ester groups is 3. The fourth-order valence-corrected chi connectivity index (χ4v) is 8.66. The number of nitrogens with one attached hydrogen (secondary N) is 1. The Labute approximate surface area is 310 Å². The van der Waals surface area contributed by atoms with Crippen LogP contribution >= 0.6 is 31.1 Å². The topological polar surface area (TPSA) is 373 Å². The van der Waals surface area contributed by atoms with Crippen LogP contribution in [0.5, 0.6) is 11.5 Å². The number of fused-ring (bicyclic) bond motifs is 1. The summed E-state index contributed by atoms with van der Waals surface area (Å²) in [7, 11) is -15.0. The van der Waals surface area contributed by atoms with Crippen molar-refractivity contribution in [2.45, 2.75) is 49.1 Å². The number of phosphoric acid groups is 3. The molecule has 3 aromatic rings. The van der Waals surface area contributed by atoms with Gasteiger partial charge in [-0.3, -0.25) is 28.1 Å². The van der Waals surface area contributed by atoms with Gasteiger partial charge in [-0.2, -0.15) is 4.31 Å². The molecule has 0 aliphatic carbocycles. The van der Waals surface area contributed by atoms with Crippen molar-refractivity contribution in [2.75, 3.05) is 34.1 Å². The number of aliphatic hydroxyl groups excluding tert-OH is 4. The zero-order chi connectivity index (χ0) is 41.1. The average Bonchev–Trinajstić information content (AvgIpc) is 3.73. The Balaban J connectivity index is 0.000000245. The molecule has 2 aromatic heterocycles. The predicted octanol–water partition coefficient (Wildman–Crippen LogP) is -0.782. The van der Waals surface area contributed by atoms with Crippen molar-refractivity contribution in [3.05, 3.63) is 42.4 Å². The van der Waals surface area contributed by atoms with E-state index >= 15 is 0 Å². The highest BCUT2D eigenvalue weighted by molar-refractivity contribution is 7.63. The van der Waals surface area contributed by atoms with Crippen LogP contribution in [0.3, 0.4) is 0 Å². The van der Waals surface area contributed by atoms with Crippen LogP contribution in [0.1, 0.15) is 6.23 Å². The van der Waals surface area contributed by atoms with Gasteiger partial charge in [0.15, 0.2) is 17.4 Å². The van der Waals surface area contributed by atoms with E-state index in [-0.39, 0.29) is 16.7 Å². The molecule has 0 spiro atoms. The third-order valence-corrected chi connectivity index (χ3v) is 12.5. The Bertz CT molecular complexity index is 2030. The van der Waals surface area contributed by atoms with Gasteiger partial charge in [0.1, 0.15) is 53.6 Å². The predicted molar refractivity (Wildman–Crippen MR) is 179 cm³/mol. The number of aromatic nitrogens is 4. The fraction of sp³-hybridized carbons (Fsp3) is 0.560. The summed E-state index contributed by atoms with van der Waals surface area (Å²) in [6, 6.07) is 6.31. The molecule has 4 heterocycles. The number of rotatable bonds is 15. The van der Waals surface area contributed by atoms with E-state index in [9.17, 15) is 48.5 Å². The van der Waals surface area contributed by atoms with Gasteiger partial charge in [-0.25, -0.2) is 28.0 Å². The first-order chi connectivity index (χ1) is 25.5. The number of aryl methyl sites for hydroxylation is 1. The van der Waals surface area contributed by atoms with Gasteiger partial charge in [0, 0.05) is 20.8 Å². The molecule has 310 valence electrons. The van der Waals surface area contributed by atoms with E-state index in [0.717, 1.165) is 7.11 Å². The molecule has 30 heteroatoms. The minimum atomic E-state index is -4.99. The van der Waals surface area contributed by atoms with E-state index in [2.05, 4.69) is 32.2 Å². The number of hydrogen-bond acceptors (Lipinski definition) is 20. The Morgan fingerprint density at radius 2 is 1.31 bits per heavy atom. The van der Waals surface area contributed by atoms with Gasteiger partial charge >= 0.3 is 31.1 Å². The monoisotopic (exact) mass is 869 g/mol. The second kappa shape index (κ2) is 18.0. The van der Waals surface area contributed by atoms with Crippen molar-refractivity contribution in [3.63, 3.8) is 0 Å². The number of benzene rings is 1. The minimum Gasteiger partial charge on any atom is -0.497 e. The lowest BCUT2D eigenvalue weighted by atomic mass is 10.1. The van der Waals surface area contributed by atoms with Gasteiger partial charge in [-0.05, 0) is 24.3 Å². The summed E-state index contributed by atoms with van der Waals surface area (Å²) in [6.45, 7) is -0.739. The van der Waals surface area contributed by atoms with Crippen LogP contribution in [0.25, 0.3) is 11.2 Å². The normalized spacial score (nSPS) is 29.7. The molecule has 0 amide bonds. The summed E-state index contributed by atoms with van der Waals surface area (Å²) in [4.78, 5) is 45.1. The van der Waals surface area contributed by atoms with Crippen LogP contribution in [0, 0.1) is 5.41 Å². The Morgan fingerprint density at radius 3 is 1.87 bits per heavy atom. The standard InChI is InChI=1S/C13H20O12P2.C12H19N5O9P2/c1-20-8-3-5-9(6-4-8)23-13-12(15)11(14)10(24-13)7-22-27(18,19)25-26(16,17)21-2;1-16-4-15-11-7(10(16)13)14-5-17(11)12-9(19)8(18)6(25-12)3-24-28(22,23)26-27(2,20)21/h3-6,10-15H,7H2,1-2H3,(H,16,17)(H,18,19);4-6,8-9,12-13,18-19H,3H2,1-2H3,(H,20,21)(H,22,23)/t10-,11-,12-,13-;6-,8-,9-,12-/m11/s1. The number of nitrogens with zero attached hydrogens (tertiary/aromatic N) is 4. The van der Waals surface area contributed by atoms with Gasteiger partial charge in [0.25, 0.3) is 0 Å². The summed E-state index contributed by atoms with van der Waals surface area (Å²) in [6.07, 6.45) is -8.31. The van der Waals surface area contributed by atoms with Crippen molar-refractivity contribution in [3.8, 4) is 11.5 Å². The van der Waals surface area contributed by atoms with Crippen molar-refractivity contribution >= 4 is 42.2 Å². The second-order valence-corrected chi connectivity index (χ2v) is 18.1. The van der Waals surface area contributed by atoms with E-state index in [4.69, 9.17) is 34.1 Å². The summed E-state index contributed by atoms with van der Waals surface area (Å²) in [5.74, 6) is 0.892. The summed E-state index contributed by atoms with van der Waals surface area (Å²) in [5, 5.41) is 48.4. The zero-order valence-electron chi connectivity index (χ0n) is 29.0. The molecule has 2 aliphatic heterocycles. The van der Waals surface area contributed by atoms with E-state index in [1.165, 1.54) is 28.9 Å². The van der Waals surface area contributed by atoms with Gasteiger partial charge < -0.3 is 63.5 Å². The Hall–Kier alpha value is -2.51. The van der Waals surface area contributed by atoms with E-state index in [1.54, 1.807) is 31.3 Å². The molecule has 5 rings (SSSR count). The van der Waals surface area contributed by atoms with Crippen molar-refractivity contribution in [1.29, 1.82) is 5.41 Å². The quantitative estimate of drug-likeness (QED) is 0.0846. The highest BCUT2D eigenvalue weighted by atomic mass is 31.3. The van der Waals surface area contributed by atoms with Gasteiger partial charge in [-0.1, -0.05) is 0 Å². The molecule has 26 nitrogen and oxygen atoms in total.